The molecule has 0 aliphatic rings. The molecule has 54 heavy (non-hydrogen) atoms. The summed E-state index contributed by atoms with van der Waals surface area (Å²) < 4.78 is 22.2. The summed E-state index contributed by atoms with van der Waals surface area (Å²) in [6.07, 6.45) is 3.52. The van der Waals surface area contributed by atoms with Gasteiger partial charge in [-0.15, -0.1) is 11.8 Å². The molecule has 5 aromatic rings. The molecule has 11 heteroatoms. The maximum absolute atomic E-state index is 14.0. The highest BCUT2D eigenvalue weighted by Crippen LogP contribution is 2.38. The molecule has 3 N–H and O–H groups in total. The molecule has 5 aromatic carbocycles. The Bertz CT molecular complexity index is 2060. The van der Waals surface area contributed by atoms with E-state index in [1.807, 2.05) is 60.7 Å². The second kappa shape index (κ2) is 19.6. The van der Waals surface area contributed by atoms with Crippen molar-refractivity contribution in [3.63, 3.8) is 0 Å². The van der Waals surface area contributed by atoms with Crippen LogP contribution in [-0.4, -0.2) is 45.7 Å². The summed E-state index contributed by atoms with van der Waals surface area (Å²) in [5, 5.41) is 8.09. The summed E-state index contributed by atoms with van der Waals surface area (Å²) in [7, 11) is 4.50. The number of hydrogen-bond acceptors (Lipinski definition) is 8. The molecule has 3 amide bonds. The average molecular weight is 746 g/mol. The first kappa shape index (κ1) is 39.0. The van der Waals surface area contributed by atoms with Gasteiger partial charge in [-0.3, -0.25) is 14.4 Å². The van der Waals surface area contributed by atoms with Crippen LogP contribution in [0.3, 0.4) is 0 Å². The highest BCUT2D eigenvalue weighted by molar-refractivity contribution is 8.00. The van der Waals surface area contributed by atoms with E-state index in [0.29, 0.717) is 46.4 Å². The Kier molecular flexibility index (Phi) is 14.2. The van der Waals surface area contributed by atoms with Crippen molar-refractivity contribution in [3.8, 4) is 23.0 Å². The van der Waals surface area contributed by atoms with Crippen molar-refractivity contribution < 1.29 is 33.3 Å². The summed E-state index contributed by atoms with van der Waals surface area (Å²) in [6, 6.07) is 35.9. The minimum Gasteiger partial charge on any atom is -0.496 e. The van der Waals surface area contributed by atoms with Gasteiger partial charge in [0.2, 0.25) is 5.91 Å². The second-order valence-corrected chi connectivity index (χ2v) is 13.1. The minimum atomic E-state index is -0.615. The van der Waals surface area contributed by atoms with Crippen LogP contribution in [0.5, 0.6) is 23.0 Å². The molecule has 0 saturated carbocycles. The molecule has 0 fully saturated rings. The normalized spacial score (nSPS) is 11.5. The number of rotatable bonds is 17. The Morgan fingerprint density at radius 3 is 2.04 bits per heavy atom. The van der Waals surface area contributed by atoms with Gasteiger partial charge in [-0.1, -0.05) is 67.9 Å². The third-order valence-corrected chi connectivity index (χ3v) is 9.39. The molecule has 0 radical (unpaired) electrons. The first-order valence-corrected chi connectivity index (χ1v) is 18.2. The highest BCUT2D eigenvalue weighted by Gasteiger charge is 2.23. The van der Waals surface area contributed by atoms with Gasteiger partial charge in [0.15, 0.2) is 11.5 Å². The van der Waals surface area contributed by atoms with Crippen molar-refractivity contribution in [1.29, 1.82) is 0 Å². The van der Waals surface area contributed by atoms with E-state index in [0.717, 1.165) is 29.1 Å². The number of hydrogen-bond donors (Lipinski definition) is 3. The molecule has 0 heterocycles. The number of carbonyl (C=O) groups is 3. The number of amides is 3. The van der Waals surface area contributed by atoms with Gasteiger partial charge in [-0.05, 0) is 78.7 Å². The van der Waals surface area contributed by atoms with Crippen molar-refractivity contribution >= 4 is 46.9 Å². The molecule has 0 bridgehead atoms. The van der Waals surface area contributed by atoms with Crippen molar-refractivity contribution in [1.82, 2.24) is 5.32 Å². The standard InChI is InChI=1S/C43H43N3O7S/c1-5-6-24-53-34-22-20-32(21-23-34)44-43(49)40(29-14-9-7-10-15-29)54-35-19-13-18-33(27-35)45-42(48)36(46-41(47)30-16-11-8-12-17-30)25-31-26-38(51-3)39(52-4)28-37(31)50-2/h7-23,25-28,40H,5-6,24H2,1-4H3,(H,44,49)(H,45,48)(H,46,47)/b36-25+. The summed E-state index contributed by atoms with van der Waals surface area (Å²) in [5.74, 6) is 0.718. The molecular weight excluding hydrogens is 703 g/mol. The molecule has 0 aliphatic carbocycles. The molecule has 0 aromatic heterocycles. The maximum atomic E-state index is 14.0. The lowest BCUT2D eigenvalue weighted by molar-refractivity contribution is -0.116. The van der Waals surface area contributed by atoms with E-state index in [1.54, 1.807) is 60.7 Å². The molecule has 0 aliphatic heterocycles. The molecule has 10 nitrogen and oxygen atoms in total. The van der Waals surface area contributed by atoms with E-state index in [2.05, 4.69) is 22.9 Å². The van der Waals surface area contributed by atoms with Crippen LogP contribution in [0.4, 0.5) is 11.4 Å². The van der Waals surface area contributed by atoms with Crippen LogP contribution >= 0.6 is 11.8 Å². The van der Waals surface area contributed by atoms with Gasteiger partial charge in [0.25, 0.3) is 11.8 Å². The first-order valence-electron chi connectivity index (χ1n) is 17.4. The predicted octanol–water partition coefficient (Wildman–Crippen LogP) is 8.77. The number of nitrogens with one attached hydrogen (secondary N) is 3. The van der Waals surface area contributed by atoms with Crippen LogP contribution in [0.2, 0.25) is 0 Å². The molecule has 0 spiro atoms. The van der Waals surface area contributed by atoms with Crippen LogP contribution in [0, 0.1) is 0 Å². The number of methoxy groups -OCH3 is 3. The molecule has 0 saturated heterocycles. The minimum absolute atomic E-state index is 0.0456. The van der Waals surface area contributed by atoms with E-state index < -0.39 is 17.1 Å². The van der Waals surface area contributed by atoms with Gasteiger partial charge in [0, 0.05) is 33.5 Å². The Labute approximate surface area is 319 Å². The van der Waals surface area contributed by atoms with Crippen molar-refractivity contribution in [2.45, 2.75) is 29.9 Å². The fourth-order valence-corrected chi connectivity index (χ4v) is 6.41. The van der Waals surface area contributed by atoms with Gasteiger partial charge in [0.05, 0.1) is 27.9 Å². The fraction of sp³-hybridized carbons (Fsp3) is 0.186. The lowest BCUT2D eigenvalue weighted by atomic mass is 10.1. The average Bonchev–Trinajstić information content (AvgIpc) is 3.20. The zero-order valence-electron chi connectivity index (χ0n) is 30.6. The Hall–Kier alpha value is -6.20. The van der Waals surface area contributed by atoms with E-state index in [1.165, 1.54) is 39.2 Å². The van der Waals surface area contributed by atoms with Crippen LogP contribution in [0.15, 0.2) is 132 Å². The number of anilines is 2. The molecule has 1 unspecified atom stereocenters. The molecule has 1 atom stereocenters. The van der Waals surface area contributed by atoms with E-state index in [4.69, 9.17) is 18.9 Å². The van der Waals surface area contributed by atoms with E-state index >= 15 is 0 Å². The second-order valence-electron chi connectivity index (χ2n) is 11.9. The van der Waals surface area contributed by atoms with E-state index in [-0.39, 0.29) is 11.6 Å². The Morgan fingerprint density at radius 1 is 0.704 bits per heavy atom. The smallest absolute Gasteiger partial charge is 0.272 e. The van der Waals surface area contributed by atoms with Crippen LogP contribution < -0.4 is 34.9 Å². The summed E-state index contributed by atoms with van der Waals surface area (Å²) in [4.78, 5) is 41.8. The van der Waals surface area contributed by atoms with Crippen molar-refractivity contribution in [2.75, 3.05) is 38.6 Å². The lowest BCUT2D eigenvalue weighted by Gasteiger charge is -2.18. The highest BCUT2D eigenvalue weighted by atomic mass is 32.2. The number of carbonyl (C=O) groups excluding carboxylic acids is 3. The topological polar surface area (TPSA) is 124 Å². The van der Waals surface area contributed by atoms with Gasteiger partial charge < -0.3 is 34.9 Å². The largest absolute Gasteiger partial charge is 0.496 e. The third-order valence-electron chi connectivity index (χ3n) is 8.14. The Balaban J connectivity index is 1.39. The summed E-state index contributed by atoms with van der Waals surface area (Å²) in [6.45, 7) is 2.75. The van der Waals surface area contributed by atoms with E-state index in [9.17, 15) is 14.4 Å². The van der Waals surface area contributed by atoms with Gasteiger partial charge in [0.1, 0.15) is 22.4 Å². The molecule has 278 valence electrons. The zero-order valence-corrected chi connectivity index (χ0v) is 31.4. The van der Waals surface area contributed by atoms with Crippen molar-refractivity contribution in [2.24, 2.45) is 0 Å². The van der Waals surface area contributed by atoms with Crippen LogP contribution in [0.25, 0.3) is 6.08 Å². The summed E-state index contributed by atoms with van der Waals surface area (Å²) in [5.41, 5.74) is 2.70. The third kappa shape index (κ3) is 10.7. The van der Waals surface area contributed by atoms with Crippen LogP contribution in [-0.2, 0) is 9.59 Å². The quantitative estimate of drug-likeness (QED) is 0.0491. The number of unbranched alkanes of at least 4 members (excludes halogenated alkanes) is 1. The van der Waals surface area contributed by atoms with Gasteiger partial charge in [-0.25, -0.2) is 0 Å². The summed E-state index contributed by atoms with van der Waals surface area (Å²) >= 11 is 1.34. The van der Waals surface area contributed by atoms with Gasteiger partial charge in [-0.2, -0.15) is 0 Å². The zero-order chi connectivity index (χ0) is 38.3. The monoisotopic (exact) mass is 745 g/mol. The maximum Gasteiger partial charge on any atom is 0.272 e. The SMILES string of the molecule is CCCCOc1ccc(NC(=O)C(Sc2cccc(NC(=O)/C(=C\c3cc(OC)c(OC)cc3OC)NC(=O)c3ccccc3)c2)c2ccccc2)cc1. The fourth-order valence-electron chi connectivity index (χ4n) is 5.32. The molecule has 5 rings (SSSR count). The lowest BCUT2D eigenvalue weighted by Crippen LogP contribution is -2.30. The van der Waals surface area contributed by atoms with Crippen molar-refractivity contribution in [3.05, 3.63) is 144 Å². The van der Waals surface area contributed by atoms with Gasteiger partial charge >= 0.3 is 0 Å². The first-order chi connectivity index (χ1) is 26.3. The predicted molar refractivity (Wildman–Crippen MR) is 214 cm³/mol. The number of benzene rings is 5. The Morgan fingerprint density at radius 2 is 1.37 bits per heavy atom. The van der Waals surface area contributed by atoms with Crippen LogP contribution in [0.1, 0.15) is 46.5 Å². The molecular formula is C43H43N3O7S. The number of ether oxygens (including phenoxy) is 4. The number of thioether (sulfide) groups is 1.